The minimum atomic E-state index is -0.966. The maximum absolute atomic E-state index is 12.3. The number of benzene rings is 1. The fraction of sp³-hybridized carbons (Fsp3) is 0.588. The van der Waals surface area contributed by atoms with Gasteiger partial charge >= 0.3 is 0 Å². The van der Waals surface area contributed by atoms with E-state index in [1.807, 2.05) is 30.3 Å². The Bertz CT molecular complexity index is 448. The molecular weight excluding hydrogens is 333 g/mol. The first-order valence-electron chi connectivity index (χ1n) is 7.96. The number of likely N-dealkylation sites (tertiary alicyclic amines) is 1. The van der Waals surface area contributed by atoms with Gasteiger partial charge in [-0.2, -0.15) is 0 Å². The third-order valence-electron chi connectivity index (χ3n) is 4.23. The number of rotatable bonds is 6. The number of nitrogens with one attached hydrogen (secondary N) is 1. The topological polar surface area (TPSA) is 58.4 Å². The fourth-order valence-electron chi connectivity index (χ4n) is 2.79. The first kappa shape index (κ1) is 22.2. The van der Waals surface area contributed by atoms with Gasteiger partial charge in [0, 0.05) is 6.54 Å². The molecule has 1 aliphatic rings. The van der Waals surface area contributed by atoms with Crippen molar-refractivity contribution in [2.45, 2.75) is 38.1 Å². The second-order valence-corrected chi connectivity index (χ2v) is 6.08. The molecule has 1 aliphatic heterocycles. The lowest BCUT2D eigenvalue weighted by Crippen LogP contribution is -2.49. The van der Waals surface area contributed by atoms with Crippen LogP contribution in [0.5, 0.6) is 0 Å². The second kappa shape index (κ2) is 10.9. The molecule has 3 N–H and O–H groups in total. The monoisotopic (exact) mass is 361 g/mol. The fourth-order valence-corrected chi connectivity index (χ4v) is 2.79. The summed E-state index contributed by atoms with van der Waals surface area (Å²) >= 11 is 0. The van der Waals surface area contributed by atoms with Crippen LogP contribution in [-0.2, 0) is 10.3 Å². The van der Waals surface area contributed by atoms with Crippen LogP contribution < -0.4 is 11.1 Å². The van der Waals surface area contributed by atoms with Crippen molar-refractivity contribution in [1.82, 2.24) is 10.2 Å². The number of carbonyl (C=O) groups excluding carboxylic acids is 1. The molecule has 1 amide bonds. The maximum atomic E-state index is 12.3. The highest BCUT2D eigenvalue weighted by Crippen LogP contribution is 2.17. The predicted molar refractivity (Wildman–Crippen MR) is 100 cm³/mol. The Hall–Kier alpha value is -0.810. The molecule has 1 atom stereocenters. The van der Waals surface area contributed by atoms with Crippen molar-refractivity contribution in [2.24, 2.45) is 5.73 Å². The molecule has 0 spiro atoms. The van der Waals surface area contributed by atoms with Gasteiger partial charge in [0.25, 0.3) is 0 Å². The Labute approximate surface area is 152 Å². The molecule has 23 heavy (non-hydrogen) atoms. The number of hydrogen-bond donors (Lipinski definition) is 2. The molecule has 0 radical (unpaired) electrons. The third kappa shape index (κ3) is 6.68. The van der Waals surface area contributed by atoms with Crippen LogP contribution in [0.1, 0.15) is 38.2 Å². The van der Waals surface area contributed by atoms with Crippen molar-refractivity contribution in [2.75, 3.05) is 26.2 Å². The number of carbonyl (C=O) groups is 1. The Balaban J connectivity index is 0.00000242. The molecule has 1 aromatic carbocycles. The SMILES string of the molecule is CC(N)(C(=O)NCCCN1CCCCC1)c1ccccc1.Cl.Cl. The molecule has 6 heteroatoms. The zero-order valence-corrected chi connectivity index (χ0v) is 15.4. The standard InChI is InChI=1S/C17H27N3O.2ClH/c1-17(18,15-9-4-2-5-10-15)16(21)19-11-8-14-20-12-6-3-7-13-20;;/h2,4-5,9-10H,3,6-8,11-14,18H2,1H3,(H,19,21);2*1H. The van der Waals surface area contributed by atoms with Gasteiger partial charge in [-0.1, -0.05) is 36.8 Å². The molecule has 1 saturated heterocycles. The Morgan fingerprint density at radius 1 is 1.17 bits per heavy atom. The molecule has 1 unspecified atom stereocenters. The van der Waals surface area contributed by atoms with Gasteiger partial charge in [-0.05, 0) is 51.4 Å². The van der Waals surface area contributed by atoms with Gasteiger partial charge in [-0.15, -0.1) is 24.8 Å². The van der Waals surface area contributed by atoms with Crippen LogP contribution in [0.2, 0.25) is 0 Å². The van der Waals surface area contributed by atoms with E-state index in [0.717, 1.165) is 18.5 Å². The zero-order chi connectivity index (χ0) is 15.1. The summed E-state index contributed by atoms with van der Waals surface area (Å²) in [5, 5.41) is 2.97. The number of hydrogen-bond acceptors (Lipinski definition) is 3. The third-order valence-corrected chi connectivity index (χ3v) is 4.23. The minimum Gasteiger partial charge on any atom is -0.354 e. The smallest absolute Gasteiger partial charge is 0.244 e. The van der Waals surface area contributed by atoms with Crippen LogP contribution in [0.4, 0.5) is 0 Å². The molecule has 0 aromatic heterocycles. The van der Waals surface area contributed by atoms with E-state index in [1.165, 1.54) is 32.4 Å². The molecule has 2 rings (SSSR count). The van der Waals surface area contributed by atoms with Crippen molar-refractivity contribution in [3.8, 4) is 0 Å². The summed E-state index contributed by atoms with van der Waals surface area (Å²) in [7, 11) is 0. The Morgan fingerprint density at radius 3 is 2.39 bits per heavy atom. The summed E-state index contributed by atoms with van der Waals surface area (Å²) in [5.74, 6) is -0.104. The van der Waals surface area contributed by atoms with Gasteiger partial charge in [-0.25, -0.2) is 0 Å². The molecule has 1 fully saturated rings. The molecule has 132 valence electrons. The lowest BCUT2D eigenvalue weighted by molar-refractivity contribution is -0.126. The van der Waals surface area contributed by atoms with Crippen molar-refractivity contribution in [3.63, 3.8) is 0 Å². The lowest BCUT2D eigenvalue weighted by Gasteiger charge is -2.27. The Morgan fingerprint density at radius 2 is 1.78 bits per heavy atom. The number of piperidine rings is 1. The summed E-state index contributed by atoms with van der Waals surface area (Å²) in [5.41, 5.74) is 6.06. The summed E-state index contributed by atoms with van der Waals surface area (Å²) in [6.45, 7) is 5.92. The van der Waals surface area contributed by atoms with Gasteiger partial charge in [0.1, 0.15) is 5.54 Å². The van der Waals surface area contributed by atoms with Crippen LogP contribution in [0, 0.1) is 0 Å². The maximum Gasteiger partial charge on any atom is 0.244 e. The zero-order valence-electron chi connectivity index (χ0n) is 13.8. The molecule has 0 saturated carbocycles. The van der Waals surface area contributed by atoms with E-state index in [0.29, 0.717) is 6.54 Å². The second-order valence-electron chi connectivity index (χ2n) is 6.08. The minimum absolute atomic E-state index is 0. The highest BCUT2D eigenvalue weighted by Gasteiger charge is 2.29. The molecule has 0 aliphatic carbocycles. The number of halogens is 2. The van der Waals surface area contributed by atoms with Gasteiger partial charge < -0.3 is 16.0 Å². The summed E-state index contributed by atoms with van der Waals surface area (Å²) < 4.78 is 0. The van der Waals surface area contributed by atoms with Crippen LogP contribution in [0.3, 0.4) is 0 Å². The lowest BCUT2D eigenvalue weighted by atomic mass is 9.92. The Kier molecular flexibility index (Phi) is 10.5. The number of nitrogens with zero attached hydrogens (tertiary/aromatic N) is 1. The van der Waals surface area contributed by atoms with Crippen molar-refractivity contribution in [1.29, 1.82) is 0 Å². The van der Waals surface area contributed by atoms with E-state index < -0.39 is 5.54 Å². The summed E-state index contributed by atoms with van der Waals surface area (Å²) in [6.07, 6.45) is 4.95. The average Bonchev–Trinajstić information content (AvgIpc) is 2.53. The van der Waals surface area contributed by atoms with Crippen LogP contribution >= 0.6 is 24.8 Å². The quantitative estimate of drug-likeness (QED) is 0.765. The van der Waals surface area contributed by atoms with E-state index >= 15 is 0 Å². The van der Waals surface area contributed by atoms with Crippen LogP contribution in [0.15, 0.2) is 30.3 Å². The first-order valence-corrected chi connectivity index (χ1v) is 7.96. The molecular formula is C17H29Cl2N3O. The normalized spacial score (nSPS) is 17.3. The first-order chi connectivity index (χ1) is 10.1. The average molecular weight is 362 g/mol. The number of amides is 1. The van der Waals surface area contributed by atoms with Crippen molar-refractivity contribution < 1.29 is 4.79 Å². The van der Waals surface area contributed by atoms with Crippen LogP contribution in [0.25, 0.3) is 0 Å². The van der Waals surface area contributed by atoms with Gasteiger partial charge in [0.05, 0.1) is 0 Å². The summed E-state index contributed by atoms with van der Waals surface area (Å²) in [6, 6.07) is 9.53. The van der Waals surface area contributed by atoms with Gasteiger partial charge in [0.15, 0.2) is 0 Å². The van der Waals surface area contributed by atoms with Crippen LogP contribution in [-0.4, -0.2) is 37.0 Å². The van der Waals surface area contributed by atoms with Gasteiger partial charge in [-0.3, -0.25) is 4.79 Å². The molecule has 1 aromatic rings. The predicted octanol–water partition coefficient (Wildman–Crippen LogP) is 2.70. The molecule has 4 nitrogen and oxygen atoms in total. The van der Waals surface area contributed by atoms with E-state index in [9.17, 15) is 4.79 Å². The van der Waals surface area contributed by atoms with E-state index in [-0.39, 0.29) is 30.7 Å². The van der Waals surface area contributed by atoms with E-state index in [1.54, 1.807) is 6.92 Å². The van der Waals surface area contributed by atoms with Gasteiger partial charge in [0.2, 0.25) is 5.91 Å². The van der Waals surface area contributed by atoms with E-state index in [4.69, 9.17) is 5.73 Å². The largest absolute Gasteiger partial charge is 0.354 e. The van der Waals surface area contributed by atoms with Crippen molar-refractivity contribution in [3.05, 3.63) is 35.9 Å². The highest BCUT2D eigenvalue weighted by molar-refractivity contribution is 5.87. The molecule has 0 bridgehead atoms. The highest BCUT2D eigenvalue weighted by atomic mass is 35.5. The number of nitrogens with two attached hydrogens (primary N) is 1. The van der Waals surface area contributed by atoms with Crippen molar-refractivity contribution >= 4 is 30.7 Å². The molecule has 1 heterocycles. The van der Waals surface area contributed by atoms with E-state index in [2.05, 4.69) is 10.2 Å². The summed E-state index contributed by atoms with van der Waals surface area (Å²) in [4.78, 5) is 14.7.